The highest BCUT2D eigenvalue weighted by atomic mass is 16.5. The molecule has 1 heterocycles. The van der Waals surface area contributed by atoms with Crippen molar-refractivity contribution in [2.45, 2.75) is 18.4 Å². The number of hydrogen-bond acceptors (Lipinski definition) is 4. The highest BCUT2D eigenvalue weighted by Crippen LogP contribution is 2.45. The van der Waals surface area contributed by atoms with E-state index >= 15 is 0 Å². The van der Waals surface area contributed by atoms with Crippen LogP contribution in [0, 0.1) is 11.3 Å². The summed E-state index contributed by atoms with van der Waals surface area (Å²) in [6, 6.07) is 9.68. The van der Waals surface area contributed by atoms with E-state index in [1.807, 2.05) is 18.2 Å². The van der Waals surface area contributed by atoms with E-state index in [1.54, 1.807) is 6.07 Å². The summed E-state index contributed by atoms with van der Waals surface area (Å²) in [5, 5.41) is 12.1. The summed E-state index contributed by atoms with van der Waals surface area (Å²) in [6.07, 6.45) is 1.88. The highest BCUT2D eigenvalue weighted by Gasteiger charge is 2.45. The first kappa shape index (κ1) is 14.1. The predicted octanol–water partition coefficient (Wildman–Crippen LogP) is 0.996. The second kappa shape index (κ2) is 5.84. The maximum absolute atomic E-state index is 12.2. The summed E-state index contributed by atoms with van der Waals surface area (Å²) in [7, 11) is 0. The first-order valence-corrected chi connectivity index (χ1v) is 7.34. The molecule has 2 aliphatic rings. The van der Waals surface area contributed by atoms with Crippen LogP contribution in [-0.2, 0) is 15.1 Å². The Morgan fingerprint density at radius 1 is 1.38 bits per heavy atom. The molecule has 0 radical (unpaired) electrons. The van der Waals surface area contributed by atoms with Crippen LogP contribution >= 0.6 is 0 Å². The van der Waals surface area contributed by atoms with Crippen molar-refractivity contribution in [1.29, 1.82) is 5.26 Å². The van der Waals surface area contributed by atoms with Gasteiger partial charge in [-0.15, -0.1) is 0 Å². The molecule has 110 valence electrons. The number of amides is 1. The Hall–Kier alpha value is -1.90. The van der Waals surface area contributed by atoms with Crippen LogP contribution in [0.3, 0.4) is 0 Å². The molecule has 0 spiro atoms. The first-order valence-electron chi connectivity index (χ1n) is 7.34. The van der Waals surface area contributed by atoms with Gasteiger partial charge in [0.15, 0.2) is 0 Å². The number of hydrogen-bond donors (Lipinski definition) is 1. The smallest absolute Gasteiger partial charge is 0.234 e. The van der Waals surface area contributed by atoms with Crippen LogP contribution in [-0.4, -0.2) is 43.7 Å². The molecule has 1 aromatic rings. The molecule has 1 aliphatic heterocycles. The van der Waals surface area contributed by atoms with Crippen molar-refractivity contribution in [1.82, 2.24) is 10.2 Å². The molecule has 0 unspecified atom stereocenters. The number of ether oxygens (including phenoxy) is 1. The Kier molecular flexibility index (Phi) is 3.91. The third-order valence-corrected chi connectivity index (χ3v) is 4.14. The molecular weight excluding hydrogens is 266 g/mol. The summed E-state index contributed by atoms with van der Waals surface area (Å²) >= 11 is 0. The molecular formula is C16H19N3O2. The fourth-order valence-electron chi connectivity index (χ4n) is 2.77. The first-order chi connectivity index (χ1) is 10.2. The van der Waals surface area contributed by atoms with E-state index in [4.69, 9.17) is 10.00 Å². The SMILES string of the molecule is N#Cc1cccc(C2(NC(=O)CN3CCOCC3)CC2)c1. The second-order valence-corrected chi connectivity index (χ2v) is 5.71. The Labute approximate surface area is 124 Å². The molecule has 3 rings (SSSR count). The summed E-state index contributed by atoms with van der Waals surface area (Å²) < 4.78 is 5.29. The van der Waals surface area contributed by atoms with E-state index < -0.39 is 0 Å². The average molecular weight is 285 g/mol. The average Bonchev–Trinajstić information content (AvgIpc) is 3.29. The fourth-order valence-corrected chi connectivity index (χ4v) is 2.77. The van der Waals surface area contributed by atoms with Gasteiger partial charge in [0.1, 0.15) is 0 Å². The summed E-state index contributed by atoms with van der Waals surface area (Å²) in [5.74, 6) is 0.0526. The van der Waals surface area contributed by atoms with Crippen molar-refractivity contribution in [3.05, 3.63) is 35.4 Å². The van der Waals surface area contributed by atoms with Crippen LogP contribution in [0.5, 0.6) is 0 Å². The lowest BCUT2D eigenvalue weighted by Crippen LogP contribution is -2.45. The van der Waals surface area contributed by atoms with Gasteiger partial charge in [0.25, 0.3) is 0 Å². The van der Waals surface area contributed by atoms with E-state index in [9.17, 15) is 4.79 Å². The number of nitrogens with zero attached hydrogens (tertiary/aromatic N) is 2. The lowest BCUT2D eigenvalue weighted by atomic mass is 10.0. The monoisotopic (exact) mass is 285 g/mol. The van der Waals surface area contributed by atoms with Gasteiger partial charge in [-0.3, -0.25) is 9.69 Å². The molecule has 1 aliphatic carbocycles. The number of nitrogens with one attached hydrogen (secondary N) is 1. The number of benzene rings is 1. The van der Waals surface area contributed by atoms with Gasteiger partial charge < -0.3 is 10.1 Å². The third-order valence-electron chi connectivity index (χ3n) is 4.14. The number of nitriles is 1. The van der Waals surface area contributed by atoms with Crippen molar-refractivity contribution in [2.24, 2.45) is 0 Å². The van der Waals surface area contributed by atoms with E-state index in [2.05, 4.69) is 16.3 Å². The zero-order valence-electron chi connectivity index (χ0n) is 12.0. The van der Waals surface area contributed by atoms with Gasteiger partial charge in [0.2, 0.25) is 5.91 Å². The van der Waals surface area contributed by atoms with Crippen molar-refractivity contribution >= 4 is 5.91 Å². The molecule has 21 heavy (non-hydrogen) atoms. The summed E-state index contributed by atoms with van der Waals surface area (Å²) in [4.78, 5) is 14.3. The Bertz CT molecular complexity index is 569. The van der Waals surface area contributed by atoms with Crippen molar-refractivity contribution < 1.29 is 9.53 Å². The van der Waals surface area contributed by atoms with Crippen LogP contribution in [0.1, 0.15) is 24.0 Å². The zero-order valence-corrected chi connectivity index (χ0v) is 12.0. The standard InChI is InChI=1S/C16H19N3O2/c17-11-13-2-1-3-14(10-13)16(4-5-16)18-15(20)12-19-6-8-21-9-7-19/h1-3,10H,4-9,12H2,(H,18,20). The van der Waals surface area contributed by atoms with E-state index in [-0.39, 0.29) is 11.4 Å². The van der Waals surface area contributed by atoms with Gasteiger partial charge in [-0.2, -0.15) is 5.26 Å². The molecule has 0 aromatic heterocycles. The van der Waals surface area contributed by atoms with Gasteiger partial charge in [0, 0.05) is 13.1 Å². The second-order valence-electron chi connectivity index (χ2n) is 5.71. The highest BCUT2D eigenvalue weighted by molar-refractivity contribution is 5.79. The zero-order chi connectivity index (χ0) is 14.7. The summed E-state index contributed by atoms with van der Waals surface area (Å²) in [5.41, 5.74) is 1.43. The predicted molar refractivity (Wildman–Crippen MR) is 77.5 cm³/mol. The molecule has 1 aromatic carbocycles. The molecule has 5 nitrogen and oxygen atoms in total. The summed E-state index contributed by atoms with van der Waals surface area (Å²) in [6.45, 7) is 3.43. The minimum Gasteiger partial charge on any atom is -0.379 e. The number of carbonyl (C=O) groups excluding carboxylic acids is 1. The third kappa shape index (κ3) is 3.23. The molecule has 5 heteroatoms. The topological polar surface area (TPSA) is 65.4 Å². The molecule has 1 amide bonds. The van der Waals surface area contributed by atoms with Crippen LogP contribution in [0.25, 0.3) is 0 Å². The lowest BCUT2D eigenvalue weighted by molar-refractivity contribution is -0.124. The van der Waals surface area contributed by atoms with E-state index in [1.165, 1.54) is 0 Å². The minimum atomic E-state index is -0.254. The van der Waals surface area contributed by atoms with Crippen molar-refractivity contribution in [3.8, 4) is 6.07 Å². The van der Waals surface area contributed by atoms with Crippen molar-refractivity contribution in [2.75, 3.05) is 32.8 Å². The molecule has 1 saturated carbocycles. The molecule has 1 N–H and O–H groups in total. The van der Waals surface area contributed by atoms with Gasteiger partial charge in [-0.25, -0.2) is 0 Å². The van der Waals surface area contributed by atoms with Crippen LogP contribution < -0.4 is 5.32 Å². The van der Waals surface area contributed by atoms with Crippen molar-refractivity contribution in [3.63, 3.8) is 0 Å². The van der Waals surface area contributed by atoms with Crippen LogP contribution in [0.2, 0.25) is 0 Å². The van der Waals surface area contributed by atoms with Crippen LogP contribution in [0.15, 0.2) is 24.3 Å². The Morgan fingerprint density at radius 3 is 2.81 bits per heavy atom. The normalized spacial score (nSPS) is 20.5. The maximum atomic E-state index is 12.2. The van der Waals surface area contributed by atoms with Gasteiger partial charge in [-0.1, -0.05) is 12.1 Å². The van der Waals surface area contributed by atoms with Crippen LogP contribution in [0.4, 0.5) is 0 Å². The largest absolute Gasteiger partial charge is 0.379 e. The number of morpholine rings is 1. The molecule has 0 atom stereocenters. The quantitative estimate of drug-likeness (QED) is 0.896. The molecule has 0 bridgehead atoms. The number of rotatable bonds is 4. The van der Waals surface area contributed by atoms with E-state index in [0.717, 1.165) is 31.5 Å². The lowest BCUT2D eigenvalue weighted by Gasteiger charge is -2.27. The molecule has 2 fully saturated rings. The van der Waals surface area contributed by atoms with Gasteiger partial charge >= 0.3 is 0 Å². The van der Waals surface area contributed by atoms with Gasteiger partial charge in [0.05, 0.1) is 36.9 Å². The van der Waals surface area contributed by atoms with E-state index in [0.29, 0.717) is 25.3 Å². The Morgan fingerprint density at radius 2 is 2.14 bits per heavy atom. The fraction of sp³-hybridized carbons (Fsp3) is 0.500. The maximum Gasteiger partial charge on any atom is 0.234 e. The molecule has 1 saturated heterocycles. The minimum absolute atomic E-state index is 0.0526. The Balaban J connectivity index is 1.63. The van der Waals surface area contributed by atoms with Gasteiger partial charge in [-0.05, 0) is 30.5 Å². The number of carbonyl (C=O) groups is 1.